The predicted octanol–water partition coefficient (Wildman–Crippen LogP) is 1.13. The Hall–Kier alpha value is -1.46. The number of likely N-dealkylation sites (N-methyl/N-ethyl adjacent to an activating group) is 1. The average molecular weight is 273 g/mol. The second kappa shape index (κ2) is 6.47. The van der Waals surface area contributed by atoms with E-state index in [4.69, 9.17) is 9.47 Å². The molecule has 100 valence electrons. The summed E-state index contributed by atoms with van der Waals surface area (Å²) >= 11 is 0. The first-order valence-corrected chi connectivity index (χ1v) is 5.49. The van der Waals surface area contributed by atoms with E-state index >= 15 is 0 Å². The Bertz CT molecular complexity index is 424. The lowest BCUT2D eigenvalue weighted by molar-refractivity contribution is 0.0950. The number of nitrogens with one attached hydrogen (secondary N) is 1. The number of carbonyl (C=O) groups is 1. The number of ether oxygens (including phenoxy) is 2. The molecule has 6 heteroatoms. The molecule has 1 aromatic carbocycles. The summed E-state index contributed by atoms with van der Waals surface area (Å²) in [7, 11) is 3.93. The van der Waals surface area contributed by atoms with Crippen LogP contribution in [0.3, 0.4) is 0 Å². The van der Waals surface area contributed by atoms with E-state index in [0.29, 0.717) is 23.6 Å². The smallest absolute Gasteiger partial charge is 0.251 e. The third-order valence-electron chi connectivity index (χ3n) is 2.48. The molecule has 0 aliphatic carbocycles. The maximum absolute atomic E-state index is 11.8. The van der Waals surface area contributed by atoms with Crippen LogP contribution in [-0.4, -0.2) is 44.8 Å². The van der Waals surface area contributed by atoms with Crippen molar-refractivity contribution in [1.29, 1.82) is 0 Å². The topological polar surface area (TPSA) is 50.8 Å². The molecule has 1 aromatic rings. The van der Waals surface area contributed by atoms with Gasteiger partial charge in [-0.2, -0.15) is 0 Å². The molecule has 0 saturated carbocycles. The normalized spacial score (nSPS) is 12.2. The summed E-state index contributed by atoms with van der Waals surface area (Å²) in [5.41, 5.74) is 0.591. The van der Waals surface area contributed by atoms with Gasteiger partial charge < -0.3 is 19.7 Å². The van der Waals surface area contributed by atoms with Gasteiger partial charge in [0, 0.05) is 18.7 Å². The van der Waals surface area contributed by atoms with E-state index in [9.17, 15) is 4.79 Å². The average Bonchev–Trinajstić information content (AvgIpc) is 2.75. The van der Waals surface area contributed by atoms with E-state index in [2.05, 4.69) is 5.32 Å². The third-order valence-corrected chi connectivity index (χ3v) is 2.48. The molecule has 5 nitrogen and oxygen atoms in total. The van der Waals surface area contributed by atoms with E-state index in [-0.39, 0.29) is 25.1 Å². The number of carbonyl (C=O) groups excluding carboxylic acids is 1. The Kier molecular flexibility index (Phi) is 5.25. The molecule has 0 saturated heterocycles. The number of halogens is 1. The molecule has 1 amide bonds. The van der Waals surface area contributed by atoms with Crippen LogP contribution >= 0.6 is 12.4 Å². The molecule has 1 N–H and O–H groups in total. The Labute approximate surface area is 112 Å². The van der Waals surface area contributed by atoms with E-state index in [1.807, 2.05) is 19.0 Å². The van der Waals surface area contributed by atoms with Crippen molar-refractivity contribution in [3.05, 3.63) is 23.8 Å². The molecule has 0 fully saturated rings. The Morgan fingerprint density at radius 2 is 2.06 bits per heavy atom. The molecule has 1 aliphatic heterocycles. The number of hydrogen-bond donors (Lipinski definition) is 1. The van der Waals surface area contributed by atoms with Crippen LogP contribution in [-0.2, 0) is 0 Å². The lowest BCUT2D eigenvalue weighted by atomic mass is 10.2. The maximum Gasteiger partial charge on any atom is 0.251 e. The summed E-state index contributed by atoms with van der Waals surface area (Å²) in [6.45, 7) is 1.66. The quantitative estimate of drug-likeness (QED) is 0.893. The van der Waals surface area contributed by atoms with Crippen LogP contribution in [0, 0.1) is 0 Å². The van der Waals surface area contributed by atoms with Gasteiger partial charge in [0.25, 0.3) is 5.91 Å². The molecule has 2 rings (SSSR count). The fourth-order valence-electron chi connectivity index (χ4n) is 1.53. The SMILES string of the molecule is CN(C)CCNC(=O)c1ccc2c(c1)OCO2.Cl. The van der Waals surface area contributed by atoms with Crippen molar-refractivity contribution in [2.75, 3.05) is 34.0 Å². The Morgan fingerprint density at radius 3 is 2.78 bits per heavy atom. The van der Waals surface area contributed by atoms with Crippen LogP contribution in [0.15, 0.2) is 18.2 Å². The zero-order valence-corrected chi connectivity index (χ0v) is 11.3. The molecule has 0 aromatic heterocycles. The number of amides is 1. The molecule has 18 heavy (non-hydrogen) atoms. The number of hydrogen-bond acceptors (Lipinski definition) is 4. The number of fused-ring (bicyclic) bond motifs is 1. The summed E-state index contributed by atoms with van der Waals surface area (Å²) in [5.74, 6) is 1.23. The van der Waals surface area contributed by atoms with Crippen molar-refractivity contribution < 1.29 is 14.3 Å². The molecule has 0 atom stereocenters. The summed E-state index contributed by atoms with van der Waals surface area (Å²) in [6, 6.07) is 5.19. The molecular formula is C12H17ClN2O3. The van der Waals surface area contributed by atoms with E-state index < -0.39 is 0 Å². The highest BCUT2D eigenvalue weighted by atomic mass is 35.5. The molecule has 0 unspecified atom stereocenters. The van der Waals surface area contributed by atoms with Gasteiger partial charge in [-0.3, -0.25) is 4.79 Å². The molecule has 0 radical (unpaired) electrons. The monoisotopic (exact) mass is 272 g/mol. The van der Waals surface area contributed by atoms with Crippen molar-refractivity contribution in [2.45, 2.75) is 0 Å². The first-order valence-electron chi connectivity index (χ1n) is 5.49. The molecule has 1 aliphatic rings. The minimum Gasteiger partial charge on any atom is -0.454 e. The molecule has 0 spiro atoms. The highest BCUT2D eigenvalue weighted by molar-refractivity contribution is 5.94. The zero-order chi connectivity index (χ0) is 12.3. The second-order valence-corrected chi connectivity index (χ2v) is 4.13. The van der Waals surface area contributed by atoms with Crippen molar-refractivity contribution in [2.24, 2.45) is 0 Å². The van der Waals surface area contributed by atoms with Crippen LogP contribution in [0.1, 0.15) is 10.4 Å². The van der Waals surface area contributed by atoms with Gasteiger partial charge in [-0.25, -0.2) is 0 Å². The minimum atomic E-state index is -0.0925. The van der Waals surface area contributed by atoms with Gasteiger partial charge >= 0.3 is 0 Å². The molecule has 1 heterocycles. The fraction of sp³-hybridized carbons (Fsp3) is 0.417. The predicted molar refractivity (Wildman–Crippen MR) is 70.7 cm³/mol. The first kappa shape index (κ1) is 14.6. The van der Waals surface area contributed by atoms with Gasteiger partial charge in [0.05, 0.1) is 0 Å². The first-order chi connectivity index (χ1) is 8.16. The number of benzene rings is 1. The van der Waals surface area contributed by atoms with Gasteiger partial charge in [-0.05, 0) is 32.3 Å². The summed E-state index contributed by atoms with van der Waals surface area (Å²) < 4.78 is 10.4. The zero-order valence-electron chi connectivity index (χ0n) is 10.4. The largest absolute Gasteiger partial charge is 0.454 e. The third kappa shape index (κ3) is 3.51. The van der Waals surface area contributed by atoms with Gasteiger partial charge in [-0.15, -0.1) is 12.4 Å². The van der Waals surface area contributed by atoms with Crippen LogP contribution < -0.4 is 14.8 Å². The molecule has 0 bridgehead atoms. The Balaban J connectivity index is 0.00000162. The highest BCUT2D eigenvalue weighted by Crippen LogP contribution is 2.32. The van der Waals surface area contributed by atoms with Crippen molar-refractivity contribution in [3.8, 4) is 11.5 Å². The van der Waals surface area contributed by atoms with Crippen LogP contribution in [0.4, 0.5) is 0 Å². The van der Waals surface area contributed by atoms with E-state index in [1.165, 1.54) is 0 Å². The highest BCUT2D eigenvalue weighted by Gasteiger charge is 2.15. The standard InChI is InChI=1S/C12H16N2O3.ClH/c1-14(2)6-5-13-12(15)9-3-4-10-11(7-9)17-8-16-10;/h3-4,7H,5-6,8H2,1-2H3,(H,13,15);1H. The van der Waals surface area contributed by atoms with Crippen LogP contribution in [0.5, 0.6) is 11.5 Å². The van der Waals surface area contributed by atoms with Crippen molar-refractivity contribution in [3.63, 3.8) is 0 Å². The fourth-order valence-corrected chi connectivity index (χ4v) is 1.53. The van der Waals surface area contributed by atoms with Crippen LogP contribution in [0.25, 0.3) is 0 Å². The van der Waals surface area contributed by atoms with E-state index in [1.54, 1.807) is 18.2 Å². The van der Waals surface area contributed by atoms with Crippen molar-refractivity contribution >= 4 is 18.3 Å². The summed E-state index contributed by atoms with van der Waals surface area (Å²) in [4.78, 5) is 13.8. The van der Waals surface area contributed by atoms with Gasteiger partial charge in [0.15, 0.2) is 11.5 Å². The summed E-state index contributed by atoms with van der Waals surface area (Å²) in [5, 5.41) is 2.84. The van der Waals surface area contributed by atoms with Gasteiger partial charge in [0.1, 0.15) is 0 Å². The minimum absolute atomic E-state index is 0. The second-order valence-electron chi connectivity index (χ2n) is 4.13. The molecular weight excluding hydrogens is 256 g/mol. The summed E-state index contributed by atoms with van der Waals surface area (Å²) in [6.07, 6.45) is 0. The Morgan fingerprint density at radius 1 is 1.33 bits per heavy atom. The number of nitrogens with zero attached hydrogens (tertiary/aromatic N) is 1. The van der Waals surface area contributed by atoms with Crippen molar-refractivity contribution in [1.82, 2.24) is 10.2 Å². The van der Waals surface area contributed by atoms with Gasteiger partial charge in [0.2, 0.25) is 6.79 Å². The lowest BCUT2D eigenvalue weighted by Crippen LogP contribution is -2.31. The lowest BCUT2D eigenvalue weighted by Gasteiger charge is -2.10. The van der Waals surface area contributed by atoms with Crippen LogP contribution in [0.2, 0.25) is 0 Å². The number of rotatable bonds is 4. The van der Waals surface area contributed by atoms with Gasteiger partial charge in [-0.1, -0.05) is 0 Å². The van der Waals surface area contributed by atoms with E-state index in [0.717, 1.165) is 6.54 Å². The maximum atomic E-state index is 11.8.